The molecule has 0 fully saturated rings. The van der Waals surface area contributed by atoms with Crippen LogP contribution in [0.3, 0.4) is 0 Å². The summed E-state index contributed by atoms with van der Waals surface area (Å²) in [5, 5.41) is 0.213. The number of carbonyl (C=O) groups is 1. The first kappa shape index (κ1) is 14.5. The average Bonchev–Trinajstić information content (AvgIpc) is 2.83. The van der Waals surface area contributed by atoms with Crippen molar-refractivity contribution < 1.29 is 9.21 Å². The third-order valence-corrected chi connectivity index (χ3v) is 3.20. The highest BCUT2D eigenvalue weighted by atomic mass is 35.5. The van der Waals surface area contributed by atoms with E-state index in [4.69, 9.17) is 21.8 Å². The second-order valence-electron chi connectivity index (χ2n) is 4.87. The summed E-state index contributed by atoms with van der Waals surface area (Å²) in [6, 6.07) is 10.7. The highest BCUT2D eigenvalue weighted by Crippen LogP contribution is 2.18. The van der Waals surface area contributed by atoms with Gasteiger partial charge in [0.2, 0.25) is 0 Å². The number of furan rings is 1. The predicted molar refractivity (Wildman–Crippen MR) is 79.6 cm³/mol. The van der Waals surface area contributed by atoms with E-state index in [2.05, 4.69) is 0 Å². The summed E-state index contributed by atoms with van der Waals surface area (Å²) in [5.74, 6) is 0.0721. The van der Waals surface area contributed by atoms with E-state index in [1.54, 1.807) is 17.0 Å². The molecule has 1 amide bonds. The number of hydrogen-bond acceptors (Lipinski definition) is 3. The molecular formula is C15H17ClN2O2. The zero-order valence-electron chi connectivity index (χ0n) is 11.5. The van der Waals surface area contributed by atoms with Crippen LogP contribution in [-0.4, -0.2) is 16.8 Å². The minimum absolute atomic E-state index is 0.0453. The fraction of sp³-hybridized carbons (Fsp3) is 0.267. The maximum absolute atomic E-state index is 12.4. The first-order valence-electron chi connectivity index (χ1n) is 6.38. The Morgan fingerprint density at radius 3 is 2.40 bits per heavy atom. The van der Waals surface area contributed by atoms with Crippen LogP contribution in [0.25, 0.3) is 0 Å². The van der Waals surface area contributed by atoms with Gasteiger partial charge < -0.3 is 15.1 Å². The lowest BCUT2D eigenvalue weighted by molar-refractivity contribution is 0.0657. The van der Waals surface area contributed by atoms with Gasteiger partial charge >= 0.3 is 0 Å². The molecule has 2 aromatic rings. The highest BCUT2D eigenvalue weighted by Gasteiger charge is 2.21. The molecule has 0 aliphatic heterocycles. The molecule has 0 aliphatic rings. The standard InChI is InChI=1S/C15H17ClN2O2/c1-10(2)18(9-11-3-5-12(17)6-4-11)15(19)13-7-8-14(16)20-13/h3-8,10H,9,17H2,1-2H3. The molecule has 4 nitrogen and oxygen atoms in total. The van der Waals surface area contributed by atoms with Crippen molar-refractivity contribution in [3.05, 3.63) is 52.9 Å². The number of benzene rings is 1. The van der Waals surface area contributed by atoms with E-state index >= 15 is 0 Å². The largest absolute Gasteiger partial charge is 0.440 e. The summed E-state index contributed by atoms with van der Waals surface area (Å²) in [7, 11) is 0. The maximum atomic E-state index is 12.4. The van der Waals surface area contributed by atoms with E-state index < -0.39 is 0 Å². The van der Waals surface area contributed by atoms with Crippen LogP contribution < -0.4 is 5.73 Å². The minimum Gasteiger partial charge on any atom is -0.440 e. The molecule has 0 saturated carbocycles. The van der Waals surface area contributed by atoms with E-state index in [-0.39, 0.29) is 22.9 Å². The summed E-state index contributed by atoms with van der Waals surface area (Å²) in [6.07, 6.45) is 0. The third-order valence-electron chi connectivity index (χ3n) is 3.00. The van der Waals surface area contributed by atoms with Crippen molar-refractivity contribution in [2.75, 3.05) is 5.73 Å². The van der Waals surface area contributed by atoms with Crippen LogP contribution in [0.1, 0.15) is 30.0 Å². The van der Waals surface area contributed by atoms with Gasteiger partial charge in [0.05, 0.1) is 0 Å². The Morgan fingerprint density at radius 2 is 1.90 bits per heavy atom. The summed E-state index contributed by atoms with van der Waals surface area (Å²) in [4.78, 5) is 14.1. The molecule has 0 saturated heterocycles. The second kappa shape index (κ2) is 6.01. The van der Waals surface area contributed by atoms with Crippen molar-refractivity contribution in [1.82, 2.24) is 4.90 Å². The van der Waals surface area contributed by atoms with E-state index in [1.807, 2.05) is 38.1 Å². The zero-order chi connectivity index (χ0) is 14.7. The number of nitrogen functional groups attached to an aromatic ring is 1. The van der Waals surface area contributed by atoms with E-state index in [1.165, 1.54) is 0 Å². The van der Waals surface area contributed by atoms with Gasteiger partial charge in [0, 0.05) is 18.3 Å². The number of amides is 1. The van der Waals surface area contributed by atoms with Crippen molar-refractivity contribution in [2.24, 2.45) is 0 Å². The maximum Gasteiger partial charge on any atom is 0.290 e. The van der Waals surface area contributed by atoms with Crippen molar-refractivity contribution in [1.29, 1.82) is 0 Å². The van der Waals surface area contributed by atoms with Gasteiger partial charge in [-0.1, -0.05) is 12.1 Å². The summed E-state index contributed by atoms with van der Waals surface area (Å²) in [5.41, 5.74) is 7.38. The molecule has 0 spiro atoms. The number of nitrogens with zero attached hydrogens (tertiary/aromatic N) is 1. The SMILES string of the molecule is CC(C)N(Cc1ccc(N)cc1)C(=O)c1ccc(Cl)o1. The zero-order valence-corrected chi connectivity index (χ0v) is 12.2. The Balaban J connectivity index is 2.19. The van der Waals surface area contributed by atoms with Crippen LogP contribution in [-0.2, 0) is 6.54 Å². The van der Waals surface area contributed by atoms with Crippen LogP contribution in [0.5, 0.6) is 0 Å². The molecule has 20 heavy (non-hydrogen) atoms. The van der Waals surface area contributed by atoms with Crippen LogP contribution in [0, 0.1) is 0 Å². The van der Waals surface area contributed by atoms with Gasteiger partial charge in [-0.15, -0.1) is 0 Å². The molecule has 5 heteroatoms. The second-order valence-corrected chi connectivity index (χ2v) is 5.24. The van der Waals surface area contributed by atoms with E-state index in [0.29, 0.717) is 12.2 Å². The van der Waals surface area contributed by atoms with Crippen molar-refractivity contribution >= 4 is 23.2 Å². The van der Waals surface area contributed by atoms with Gasteiger partial charge in [-0.05, 0) is 55.3 Å². The summed E-state index contributed by atoms with van der Waals surface area (Å²) in [6.45, 7) is 4.41. The first-order valence-corrected chi connectivity index (χ1v) is 6.76. The van der Waals surface area contributed by atoms with Gasteiger partial charge in [0.25, 0.3) is 5.91 Å². The predicted octanol–water partition coefficient (Wildman–Crippen LogP) is 3.57. The molecule has 1 aromatic carbocycles. The normalized spacial score (nSPS) is 10.8. The molecule has 0 radical (unpaired) electrons. The number of nitrogens with two attached hydrogens (primary N) is 1. The summed E-state index contributed by atoms with van der Waals surface area (Å²) < 4.78 is 5.19. The minimum atomic E-state index is -0.177. The van der Waals surface area contributed by atoms with Crippen LogP contribution >= 0.6 is 11.6 Å². The molecule has 0 bridgehead atoms. The average molecular weight is 293 g/mol. The van der Waals surface area contributed by atoms with Crippen LogP contribution in [0.4, 0.5) is 5.69 Å². The van der Waals surface area contributed by atoms with Gasteiger partial charge in [0.1, 0.15) is 0 Å². The topological polar surface area (TPSA) is 59.5 Å². The molecule has 1 heterocycles. The molecule has 1 aromatic heterocycles. The van der Waals surface area contributed by atoms with Crippen LogP contribution in [0.2, 0.25) is 5.22 Å². The fourth-order valence-electron chi connectivity index (χ4n) is 1.88. The third kappa shape index (κ3) is 3.33. The number of hydrogen-bond donors (Lipinski definition) is 1. The van der Waals surface area contributed by atoms with E-state index in [9.17, 15) is 4.79 Å². The van der Waals surface area contributed by atoms with E-state index in [0.717, 1.165) is 5.56 Å². The molecule has 106 valence electrons. The lowest BCUT2D eigenvalue weighted by Gasteiger charge is -2.26. The highest BCUT2D eigenvalue weighted by molar-refractivity contribution is 6.29. The first-order chi connectivity index (χ1) is 9.47. The van der Waals surface area contributed by atoms with Gasteiger partial charge in [-0.25, -0.2) is 0 Å². The number of rotatable bonds is 4. The van der Waals surface area contributed by atoms with Crippen molar-refractivity contribution in [3.63, 3.8) is 0 Å². The number of anilines is 1. The molecule has 2 rings (SSSR count). The molecule has 0 aliphatic carbocycles. The van der Waals surface area contributed by atoms with Gasteiger partial charge in [0.15, 0.2) is 11.0 Å². The van der Waals surface area contributed by atoms with Gasteiger partial charge in [-0.2, -0.15) is 0 Å². The lowest BCUT2D eigenvalue weighted by Crippen LogP contribution is -2.36. The summed E-state index contributed by atoms with van der Waals surface area (Å²) >= 11 is 5.72. The van der Waals surface area contributed by atoms with Gasteiger partial charge in [-0.3, -0.25) is 4.79 Å². The molecular weight excluding hydrogens is 276 g/mol. The Bertz CT molecular complexity index is 590. The Labute approximate surface area is 123 Å². The molecule has 2 N–H and O–H groups in total. The fourth-order valence-corrected chi connectivity index (χ4v) is 2.03. The monoisotopic (exact) mass is 292 g/mol. The Kier molecular flexibility index (Phi) is 4.35. The Hall–Kier alpha value is -1.94. The quantitative estimate of drug-likeness (QED) is 0.877. The van der Waals surface area contributed by atoms with Crippen molar-refractivity contribution in [3.8, 4) is 0 Å². The van der Waals surface area contributed by atoms with Crippen LogP contribution in [0.15, 0.2) is 40.8 Å². The van der Waals surface area contributed by atoms with Crippen molar-refractivity contribution in [2.45, 2.75) is 26.4 Å². The number of halogens is 1. The number of carbonyl (C=O) groups excluding carboxylic acids is 1. The molecule has 0 unspecified atom stereocenters. The lowest BCUT2D eigenvalue weighted by atomic mass is 10.1. The smallest absolute Gasteiger partial charge is 0.290 e. The molecule has 0 atom stereocenters. The Morgan fingerprint density at radius 1 is 1.25 bits per heavy atom.